The van der Waals surface area contributed by atoms with Gasteiger partial charge in [0.2, 0.25) is 11.7 Å². The molecule has 9 nitrogen and oxygen atoms in total. The normalized spacial score (nSPS) is 29.2. The molecule has 0 unspecified atom stereocenters. The van der Waals surface area contributed by atoms with Crippen LogP contribution in [0, 0.1) is 0 Å². The number of alkyl halides is 1. The highest BCUT2D eigenvalue weighted by Gasteiger charge is 2.61. The van der Waals surface area contributed by atoms with Crippen molar-refractivity contribution in [2.75, 3.05) is 11.9 Å². The molecule has 2 bridgehead atoms. The van der Waals surface area contributed by atoms with Crippen molar-refractivity contribution in [1.29, 1.82) is 0 Å². The number of pyridine rings is 1. The number of hydrogen-bond donors (Lipinski definition) is 1. The average molecular weight is 482 g/mol. The summed E-state index contributed by atoms with van der Waals surface area (Å²) in [7, 11) is 0. The Bertz CT molecular complexity index is 1390. The largest absolute Gasteiger partial charge is 0.474 e. The van der Waals surface area contributed by atoms with Gasteiger partial charge in [0.15, 0.2) is 0 Å². The lowest BCUT2D eigenvalue weighted by molar-refractivity contribution is 0.0154. The number of rotatable bonds is 6. The number of fused-ring (bicyclic) bond motifs is 2. The lowest BCUT2D eigenvalue weighted by Gasteiger charge is -2.41. The molecule has 2 atom stereocenters. The number of nitrogens with one attached hydrogen (secondary N) is 1. The molecule has 2 aliphatic carbocycles. The monoisotopic (exact) mass is 481 g/mol. The maximum absolute atomic E-state index is 13.9. The second-order valence-corrected chi connectivity index (χ2v) is 10.6. The van der Waals surface area contributed by atoms with Crippen LogP contribution in [0.3, 0.4) is 0 Å². The summed E-state index contributed by atoms with van der Waals surface area (Å²) in [5.74, 6) is 0.0343. The zero-order chi connectivity index (χ0) is 24.5. The third-order valence-corrected chi connectivity index (χ3v) is 7.41. The molecule has 4 fully saturated rings. The van der Waals surface area contributed by atoms with Gasteiger partial charge in [-0.3, -0.25) is 14.0 Å². The van der Waals surface area contributed by atoms with Crippen LogP contribution in [0.15, 0.2) is 35.5 Å². The second kappa shape index (κ2) is 7.61. The minimum absolute atomic E-state index is 0.0780. The van der Waals surface area contributed by atoms with Crippen LogP contribution in [-0.4, -0.2) is 49.3 Å². The Morgan fingerprint density at radius 3 is 2.71 bits per heavy atom. The molecule has 2 saturated carbocycles. The van der Waals surface area contributed by atoms with Crippen molar-refractivity contribution in [3.63, 3.8) is 0 Å². The fraction of sp³-hybridized carbons (Fsp3) is 0.520. The van der Waals surface area contributed by atoms with Crippen molar-refractivity contribution in [3.8, 4) is 5.88 Å². The fourth-order valence-corrected chi connectivity index (χ4v) is 5.59. The summed E-state index contributed by atoms with van der Waals surface area (Å²) in [6.45, 7) is 6.42. The summed E-state index contributed by atoms with van der Waals surface area (Å²) in [6.07, 6.45) is 6.65. The van der Waals surface area contributed by atoms with Gasteiger partial charge >= 0.3 is 0 Å². The average Bonchev–Trinajstić information content (AvgIpc) is 3.45. The summed E-state index contributed by atoms with van der Waals surface area (Å²) < 4.78 is 28.7. The van der Waals surface area contributed by atoms with Crippen LogP contribution in [0.25, 0.3) is 5.78 Å². The summed E-state index contributed by atoms with van der Waals surface area (Å²) in [5.41, 5.74) is 0.510. The van der Waals surface area contributed by atoms with Gasteiger partial charge < -0.3 is 19.4 Å². The molecular formula is C25H28FN5O4. The van der Waals surface area contributed by atoms with E-state index in [4.69, 9.17) is 14.5 Å². The lowest BCUT2D eigenvalue weighted by atomic mass is 9.62. The number of ether oxygens (including phenoxy) is 2. The predicted molar refractivity (Wildman–Crippen MR) is 126 cm³/mol. The quantitative estimate of drug-likeness (QED) is 0.579. The first-order valence-corrected chi connectivity index (χ1v) is 12.0. The summed E-state index contributed by atoms with van der Waals surface area (Å²) in [6, 6.07) is 2.65. The molecule has 7 rings (SSSR count). The molecule has 1 amide bonds. The summed E-state index contributed by atoms with van der Waals surface area (Å²) in [5, 5.41) is 2.68. The van der Waals surface area contributed by atoms with E-state index in [-0.39, 0.29) is 34.3 Å². The van der Waals surface area contributed by atoms with Gasteiger partial charge in [0.25, 0.3) is 11.5 Å². The third-order valence-electron chi connectivity index (χ3n) is 7.41. The first-order chi connectivity index (χ1) is 16.7. The highest BCUT2D eigenvalue weighted by atomic mass is 19.1. The number of aromatic nitrogens is 4. The van der Waals surface area contributed by atoms with Crippen LogP contribution >= 0.6 is 0 Å². The molecular weight excluding hydrogens is 453 g/mol. The molecule has 10 heteroatoms. The Balaban J connectivity index is 1.34. The predicted octanol–water partition coefficient (Wildman–Crippen LogP) is 3.42. The van der Waals surface area contributed by atoms with Gasteiger partial charge in [-0.2, -0.15) is 4.98 Å². The maximum atomic E-state index is 13.9. The van der Waals surface area contributed by atoms with E-state index < -0.39 is 23.7 Å². The number of imidazole rings is 1. The maximum Gasteiger partial charge on any atom is 0.274 e. The molecule has 0 aromatic carbocycles. The Morgan fingerprint density at radius 1 is 1.29 bits per heavy atom. The SMILES string of the molecule is CC(C)Oc1nc2nc(C34COC(C)(C3)C4)cn2cc1C(=O)Nc1cccn([C@H]2CC[C@H]2F)c1=O. The van der Waals surface area contributed by atoms with Gasteiger partial charge in [-0.15, -0.1) is 0 Å². The Kier molecular flexibility index (Phi) is 4.83. The molecule has 184 valence electrons. The standard InChI is InChI=1S/C25H28FN5O4/c1-14(2)35-21-15(20(32)27-17-5-4-8-31(22(17)33)18-7-6-16(18)26)9-30-10-19(28-23(30)29-21)25-11-24(3,12-25)34-13-25/h4-5,8-10,14,16,18H,6-7,11-13H2,1-3H3,(H,27,32)/t16-,18+,24?,25?/m1/s1. The van der Waals surface area contributed by atoms with Crippen molar-refractivity contribution in [1.82, 2.24) is 18.9 Å². The van der Waals surface area contributed by atoms with Crippen LogP contribution in [-0.2, 0) is 10.2 Å². The Morgan fingerprint density at radius 2 is 2.09 bits per heavy atom. The van der Waals surface area contributed by atoms with Gasteiger partial charge in [-0.1, -0.05) is 0 Å². The van der Waals surface area contributed by atoms with E-state index in [1.54, 1.807) is 22.9 Å². The number of nitrogens with zero attached hydrogens (tertiary/aromatic N) is 4. The van der Waals surface area contributed by atoms with E-state index in [0.717, 1.165) is 18.5 Å². The van der Waals surface area contributed by atoms with E-state index in [2.05, 4.69) is 17.2 Å². The molecule has 0 spiro atoms. The number of amides is 1. The molecule has 3 aromatic rings. The van der Waals surface area contributed by atoms with Gasteiger partial charge in [-0.05, 0) is 58.6 Å². The lowest BCUT2D eigenvalue weighted by Crippen LogP contribution is -2.45. The van der Waals surface area contributed by atoms with Crippen LogP contribution in [0.4, 0.5) is 10.1 Å². The van der Waals surface area contributed by atoms with Crippen molar-refractivity contribution in [3.05, 3.63) is 52.3 Å². The highest BCUT2D eigenvalue weighted by molar-refractivity contribution is 6.05. The van der Waals surface area contributed by atoms with Gasteiger partial charge in [0, 0.05) is 24.0 Å². The van der Waals surface area contributed by atoms with Crippen LogP contribution in [0.1, 0.15) is 68.5 Å². The first-order valence-electron chi connectivity index (χ1n) is 12.0. The van der Waals surface area contributed by atoms with Gasteiger partial charge in [-0.25, -0.2) is 9.37 Å². The molecule has 4 aliphatic rings. The smallest absolute Gasteiger partial charge is 0.274 e. The molecule has 3 aromatic heterocycles. The molecule has 0 radical (unpaired) electrons. The van der Waals surface area contributed by atoms with Crippen molar-refractivity contribution >= 4 is 17.4 Å². The Labute approximate surface area is 201 Å². The van der Waals surface area contributed by atoms with Gasteiger partial charge in [0.05, 0.1) is 30.0 Å². The third kappa shape index (κ3) is 3.53. The topological polar surface area (TPSA) is 99.8 Å². The summed E-state index contributed by atoms with van der Waals surface area (Å²) >= 11 is 0. The first kappa shape index (κ1) is 22.2. The van der Waals surface area contributed by atoms with Crippen LogP contribution in [0.5, 0.6) is 5.88 Å². The minimum atomic E-state index is -1.05. The minimum Gasteiger partial charge on any atom is -0.474 e. The van der Waals surface area contributed by atoms with Crippen molar-refractivity contribution in [2.24, 2.45) is 0 Å². The van der Waals surface area contributed by atoms with E-state index in [1.807, 2.05) is 20.0 Å². The van der Waals surface area contributed by atoms with E-state index in [0.29, 0.717) is 25.2 Å². The molecule has 2 aliphatic heterocycles. The van der Waals surface area contributed by atoms with E-state index >= 15 is 0 Å². The number of carbonyl (C=O) groups is 1. The zero-order valence-electron chi connectivity index (χ0n) is 20.0. The van der Waals surface area contributed by atoms with Crippen molar-refractivity contribution in [2.45, 2.75) is 75.8 Å². The van der Waals surface area contributed by atoms with Crippen molar-refractivity contribution < 1.29 is 18.7 Å². The second-order valence-electron chi connectivity index (χ2n) is 10.6. The van der Waals surface area contributed by atoms with E-state index in [9.17, 15) is 14.0 Å². The van der Waals surface area contributed by atoms with Gasteiger partial charge in [0.1, 0.15) is 17.4 Å². The number of halogens is 1. The number of hydrogen-bond acceptors (Lipinski definition) is 6. The molecule has 5 heterocycles. The molecule has 35 heavy (non-hydrogen) atoms. The summed E-state index contributed by atoms with van der Waals surface area (Å²) in [4.78, 5) is 35.5. The van der Waals surface area contributed by atoms with Crippen LogP contribution < -0.4 is 15.6 Å². The number of carbonyl (C=O) groups excluding carboxylic acids is 1. The fourth-order valence-electron chi connectivity index (χ4n) is 5.59. The van der Waals surface area contributed by atoms with Crippen LogP contribution in [0.2, 0.25) is 0 Å². The Hall–Kier alpha value is -3.27. The zero-order valence-corrected chi connectivity index (χ0v) is 20.0. The molecule has 1 N–H and O–H groups in total. The number of anilines is 1. The molecule has 2 saturated heterocycles. The van der Waals surface area contributed by atoms with E-state index in [1.165, 1.54) is 10.6 Å². The highest BCUT2D eigenvalue weighted by Crippen LogP contribution is 2.58.